The van der Waals surface area contributed by atoms with Crippen LogP contribution in [0.1, 0.15) is 210 Å². The summed E-state index contributed by atoms with van der Waals surface area (Å²) in [6.45, 7) is 42.9. The van der Waals surface area contributed by atoms with Crippen LogP contribution >= 0.6 is 0 Å². The molecule has 0 bridgehead atoms. The highest BCUT2D eigenvalue weighted by molar-refractivity contribution is 6.31. The van der Waals surface area contributed by atoms with Crippen LogP contribution in [-0.4, -0.2) is 67.2 Å². The first-order valence-electron chi connectivity index (χ1n) is 30.8. The van der Waals surface area contributed by atoms with E-state index in [1.807, 2.05) is 26.0 Å². The van der Waals surface area contributed by atoms with Gasteiger partial charge in [-0.2, -0.15) is 0 Å². The number of nitrogens with zero attached hydrogens (tertiary/aromatic N) is 4. The van der Waals surface area contributed by atoms with Gasteiger partial charge < -0.3 is 29.4 Å². The zero-order valence-corrected chi connectivity index (χ0v) is 53.6. The minimum absolute atomic E-state index is 0.145. The van der Waals surface area contributed by atoms with Crippen molar-refractivity contribution < 1.29 is 19.1 Å². The summed E-state index contributed by atoms with van der Waals surface area (Å²) in [5, 5.41) is 4.08. The summed E-state index contributed by atoms with van der Waals surface area (Å²) in [5.41, 5.74) is 25.3. The molecule has 8 heterocycles. The summed E-state index contributed by atoms with van der Waals surface area (Å²) in [4.78, 5) is 59.4. The maximum atomic E-state index is 12.5. The molecule has 4 N–H and O–H groups in total. The van der Waals surface area contributed by atoms with Crippen LogP contribution in [0.25, 0.3) is 36.5 Å². The number of rotatable bonds is 20. The number of carbonyl (C=O) groups is 2. The van der Waals surface area contributed by atoms with Gasteiger partial charge in [-0.3, -0.25) is 9.59 Å². The molecule has 4 aromatic rings. The van der Waals surface area contributed by atoms with Crippen molar-refractivity contribution in [3.63, 3.8) is 0 Å². The van der Waals surface area contributed by atoms with E-state index in [1.165, 1.54) is 55.7 Å². The van der Waals surface area contributed by atoms with Crippen LogP contribution in [0.3, 0.4) is 0 Å². The summed E-state index contributed by atoms with van der Waals surface area (Å²) in [6.07, 6.45) is 19.9. The zero-order valence-electron chi connectivity index (χ0n) is 53.6. The number of carbonyl (C=O) groups excluding carboxylic acids is 2. The van der Waals surface area contributed by atoms with Gasteiger partial charge in [0, 0.05) is 72.9 Å². The summed E-state index contributed by atoms with van der Waals surface area (Å²) in [5.74, 6) is 1.43. The van der Waals surface area contributed by atoms with Crippen LogP contribution in [0.5, 0.6) is 0 Å². The molecule has 0 saturated heterocycles. The lowest BCUT2D eigenvalue weighted by Crippen LogP contribution is -2.33. The lowest BCUT2D eigenvalue weighted by Gasteiger charge is -2.30. The van der Waals surface area contributed by atoms with E-state index in [2.05, 4.69) is 179 Å². The number of amides is 2. The van der Waals surface area contributed by atoms with Crippen molar-refractivity contribution in [1.29, 1.82) is 0 Å². The Kier molecular flexibility index (Phi) is 19.1. The SMILES string of the molecule is CCC1=C(C)C(=O)N=C1/C=c1\[nH]/c(=C\c2[nH]c(/C=C3/N=C(O[C@@H](C[C@H](OC4=N/C(=C\c5[nH]c(/C=c6\[nH]/c(=C/C7=NC(=O)C(C)=C7CC)c(C)c6CC)c(CC)c5C)C(CC)=C4C)C(C)C)C(C)C)C(C)=C3CC)c(C)c2CC)c(CC)c1C. The first-order valence-corrected chi connectivity index (χ1v) is 30.8. The summed E-state index contributed by atoms with van der Waals surface area (Å²) >= 11 is 0. The third-order valence-electron chi connectivity index (χ3n) is 18.0. The number of allylic oxidation sites excluding steroid dienone is 4. The molecule has 440 valence electrons. The van der Waals surface area contributed by atoms with Gasteiger partial charge in [0.1, 0.15) is 12.2 Å². The van der Waals surface area contributed by atoms with Crippen molar-refractivity contribution in [3.05, 3.63) is 145 Å². The van der Waals surface area contributed by atoms with Crippen molar-refractivity contribution in [2.45, 2.75) is 208 Å². The fourth-order valence-corrected chi connectivity index (χ4v) is 12.7. The Hall–Kier alpha value is -7.34. The number of H-pyrrole nitrogens is 4. The van der Waals surface area contributed by atoms with Gasteiger partial charge in [0.05, 0.1) is 22.8 Å². The maximum Gasteiger partial charge on any atom is 0.273 e. The van der Waals surface area contributed by atoms with Crippen LogP contribution in [0.15, 0.2) is 75.9 Å². The van der Waals surface area contributed by atoms with Crippen LogP contribution in [0.4, 0.5) is 0 Å². The Morgan fingerprint density at radius 3 is 1.04 bits per heavy atom. The highest BCUT2D eigenvalue weighted by atomic mass is 16.5. The predicted molar refractivity (Wildman–Crippen MR) is 346 cm³/mol. The molecule has 0 aliphatic carbocycles. The van der Waals surface area contributed by atoms with E-state index in [9.17, 15) is 9.59 Å². The number of aromatic nitrogens is 4. The lowest BCUT2D eigenvalue weighted by atomic mass is 9.94. The van der Waals surface area contributed by atoms with E-state index < -0.39 is 0 Å². The van der Waals surface area contributed by atoms with E-state index in [0.717, 1.165) is 152 Å². The minimum Gasteiger partial charge on any atom is -0.474 e. The molecule has 2 atom stereocenters. The third kappa shape index (κ3) is 12.1. The number of hydrogen-bond acceptors (Lipinski definition) is 6. The number of hydrogen-bond donors (Lipinski definition) is 4. The second kappa shape index (κ2) is 25.7. The molecule has 83 heavy (non-hydrogen) atoms. The summed E-state index contributed by atoms with van der Waals surface area (Å²) in [6, 6.07) is 0. The van der Waals surface area contributed by atoms with Gasteiger partial charge in [0.2, 0.25) is 11.8 Å². The highest BCUT2D eigenvalue weighted by Crippen LogP contribution is 2.36. The number of ether oxygens (including phenoxy) is 2. The van der Waals surface area contributed by atoms with E-state index in [-0.39, 0.29) is 35.9 Å². The molecule has 8 rings (SSSR count). The van der Waals surface area contributed by atoms with Gasteiger partial charge in [-0.05, 0) is 222 Å². The standard InChI is InChI=1S/C71H92N8O4/c1-21-46-38(13)54(29-62-50(25-5)42(17)68(80)76-62)72-58(46)33-60-48(23-3)40(15)56(74-60)31-64-52(27-7)44(19)70(78-64)82-66(36(9)10)35-67(37(11)12)83-71-45(20)53(28-8)65(79-71)32-57-41(16)49(24-4)61(75-57)34-59-47(22-2)39(14)55(73-59)30-63-51(26-6)43(18)69(81)77-63/h29-34,36-37,66-67,72-75H,21-28,35H2,1-20H3/b54-29-,55-30+,58-33-,59-34-,64-31+,65-32-/t66-,67-/m0/s1. The van der Waals surface area contributed by atoms with Crippen LogP contribution < -0.4 is 21.4 Å². The molecule has 0 saturated carbocycles. The van der Waals surface area contributed by atoms with Crippen LogP contribution in [-0.2, 0) is 44.7 Å². The Morgan fingerprint density at radius 2 is 0.723 bits per heavy atom. The molecular weight excluding hydrogens is 1030 g/mol. The predicted octanol–water partition coefficient (Wildman–Crippen LogP) is 13.2. The van der Waals surface area contributed by atoms with Crippen LogP contribution in [0, 0.1) is 39.5 Å². The lowest BCUT2D eigenvalue weighted by molar-refractivity contribution is -0.114. The fourth-order valence-electron chi connectivity index (χ4n) is 12.7. The second-order valence-corrected chi connectivity index (χ2v) is 23.6. The second-order valence-electron chi connectivity index (χ2n) is 23.6. The molecule has 0 aromatic carbocycles. The quantitative estimate of drug-likeness (QED) is 0.0692. The smallest absolute Gasteiger partial charge is 0.273 e. The number of aromatic amines is 4. The van der Waals surface area contributed by atoms with E-state index in [1.54, 1.807) is 0 Å². The first kappa shape index (κ1) is 61.7. The molecule has 0 fully saturated rings. The molecule has 2 amide bonds. The van der Waals surface area contributed by atoms with Crippen molar-refractivity contribution in [3.8, 4) is 0 Å². The van der Waals surface area contributed by atoms with E-state index in [4.69, 9.17) is 19.5 Å². The number of nitrogens with one attached hydrogen (secondary N) is 4. The van der Waals surface area contributed by atoms with Gasteiger partial charge in [-0.15, -0.1) is 0 Å². The van der Waals surface area contributed by atoms with E-state index in [0.29, 0.717) is 18.2 Å². The minimum atomic E-state index is -0.167. The summed E-state index contributed by atoms with van der Waals surface area (Å²) in [7, 11) is 0. The average Bonchev–Trinajstić information content (AvgIpc) is 4.37. The van der Waals surface area contributed by atoms with Crippen molar-refractivity contribution in [1.82, 2.24) is 19.9 Å². The van der Waals surface area contributed by atoms with Crippen LogP contribution in [0.2, 0.25) is 0 Å². The Labute approximate surface area is 493 Å². The Balaban J connectivity index is 1.05. The molecule has 12 heteroatoms. The first-order chi connectivity index (χ1) is 39.6. The molecular formula is C71H92N8O4. The topological polar surface area (TPSA) is 165 Å². The average molecular weight is 1120 g/mol. The van der Waals surface area contributed by atoms with Gasteiger partial charge in [0.25, 0.3) is 11.8 Å². The molecule has 4 aliphatic heterocycles. The largest absolute Gasteiger partial charge is 0.474 e. The van der Waals surface area contributed by atoms with Gasteiger partial charge in [0.15, 0.2) is 0 Å². The molecule has 0 radical (unpaired) electrons. The highest BCUT2D eigenvalue weighted by Gasteiger charge is 2.32. The molecule has 12 nitrogen and oxygen atoms in total. The third-order valence-corrected chi connectivity index (χ3v) is 18.0. The normalized spacial score (nSPS) is 18.7. The van der Waals surface area contributed by atoms with Crippen molar-refractivity contribution in [2.75, 3.05) is 0 Å². The Bertz CT molecular complexity index is 3630. The molecule has 4 aromatic heterocycles. The van der Waals surface area contributed by atoms with Crippen molar-refractivity contribution >= 4 is 71.5 Å². The number of aliphatic imine (C=N–C) groups is 4. The van der Waals surface area contributed by atoms with Gasteiger partial charge >= 0.3 is 0 Å². The molecule has 4 aliphatic rings. The van der Waals surface area contributed by atoms with E-state index >= 15 is 0 Å². The monoisotopic (exact) mass is 1120 g/mol. The summed E-state index contributed by atoms with van der Waals surface area (Å²) < 4.78 is 14.1. The Morgan fingerprint density at radius 1 is 0.373 bits per heavy atom. The van der Waals surface area contributed by atoms with Crippen molar-refractivity contribution in [2.24, 2.45) is 31.8 Å². The van der Waals surface area contributed by atoms with Gasteiger partial charge in [-0.1, -0.05) is 83.1 Å². The zero-order chi connectivity index (χ0) is 60.5. The molecule has 0 spiro atoms. The molecule has 0 unspecified atom stereocenters. The maximum absolute atomic E-state index is 12.5. The fraction of sp³-hybridized carbons (Fsp3) is 0.465. The van der Waals surface area contributed by atoms with Gasteiger partial charge in [-0.25, -0.2) is 20.0 Å².